The fourth-order valence-electron chi connectivity index (χ4n) is 2.06. The summed E-state index contributed by atoms with van der Waals surface area (Å²) in [6.07, 6.45) is 8.47. The first-order valence-corrected chi connectivity index (χ1v) is 4.84. The first-order chi connectivity index (χ1) is 6.29. The summed E-state index contributed by atoms with van der Waals surface area (Å²) in [5.74, 6) is 0.0920. The summed E-state index contributed by atoms with van der Waals surface area (Å²) in [4.78, 5) is 11.2. The number of hydrogen-bond donors (Lipinski definition) is 0. The smallest absolute Gasteiger partial charge is 0.334 e. The van der Waals surface area contributed by atoms with E-state index in [0.717, 1.165) is 25.7 Å². The second-order valence-corrected chi connectivity index (χ2v) is 3.70. The molecule has 0 amide bonds. The highest BCUT2D eigenvalue weighted by Crippen LogP contribution is 2.34. The Labute approximate surface area is 78.3 Å². The predicted molar refractivity (Wildman–Crippen MR) is 50.1 cm³/mol. The van der Waals surface area contributed by atoms with Gasteiger partial charge in [-0.15, -0.1) is 0 Å². The van der Waals surface area contributed by atoms with Crippen LogP contribution in [-0.4, -0.2) is 12.1 Å². The van der Waals surface area contributed by atoms with E-state index in [4.69, 9.17) is 4.74 Å². The lowest BCUT2D eigenvalue weighted by Crippen LogP contribution is -2.17. The standard InChI is InChI=1S/C11H14O2/c1-8-9-6-4-2-3-5-7-10(9)13-11(8)12/h2-3,9-10H,1,4-7H2. The Bertz CT molecular complexity index is 265. The maximum atomic E-state index is 11.2. The molecule has 0 aromatic rings. The van der Waals surface area contributed by atoms with Gasteiger partial charge in [0.05, 0.1) is 0 Å². The number of allylic oxidation sites excluding steroid dienone is 2. The maximum Gasteiger partial charge on any atom is 0.334 e. The molecule has 1 aliphatic heterocycles. The Kier molecular flexibility index (Phi) is 2.21. The van der Waals surface area contributed by atoms with Gasteiger partial charge in [0.1, 0.15) is 6.10 Å². The van der Waals surface area contributed by atoms with Crippen LogP contribution in [0.5, 0.6) is 0 Å². The molecule has 1 saturated heterocycles. The number of esters is 1. The Hall–Kier alpha value is -1.05. The molecule has 2 nitrogen and oxygen atoms in total. The highest BCUT2D eigenvalue weighted by atomic mass is 16.6. The van der Waals surface area contributed by atoms with Crippen LogP contribution in [0.1, 0.15) is 25.7 Å². The molecule has 2 aliphatic rings. The van der Waals surface area contributed by atoms with Crippen molar-refractivity contribution in [2.45, 2.75) is 31.8 Å². The van der Waals surface area contributed by atoms with Crippen LogP contribution < -0.4 is 0 Å². The van der Waals surface area contributed by atoms with Crippen molar-refractivity contribution in [2.75, 3.05) is 0 Å². The topological polar surface area (TPSA) is 26.3 Å². The largest absolute Gasteiger partial charge is 0.458 e. The molecule has 0 aromatic heterocycles. The molecular weight excluding hydrogens is 164 g/mol. The minimum atomic E-state index is -0.183. The second-order valence-electron chi connectivity index (χ2n) is 3.70. The van der Waals surface area contributed by atoms with Gasteiger partial charge in [0.15, 0.2) is 0 Å². The molecular formula is C11H14O2. The summed E-state index contributed by atoms with van der Waals surface area (Å²) in [6.45, 7) is 3.79. The summed E-state index contributed by atoms with van der Waals surface area (Å²) >= 11 is 0. The molecule has 70 valence electrons. The van der Waals surface area contributed by atoms with Gasteiger partial charge in [-0.1, -0.05) is 18.7 Å². The van der Waals surface area contributed by atoms with Crippen molar-refractivity contribution in [1.82, 2.24) is 0 Å². The predicted octanol–water partition coefficient (Wildman–Crippen LogP) is 2.21. The molecule has 0 bridgehead atoms. The first-order valence-electron chi connectivity index (χ1n) is 4.84. The summed E-state index contributed by atoms with van der Waals surface area (Å²) in [5.41, 5.74) is 0.681. The zero-order valence-corrected chi connectivity index (χ0v) is 7.66. The number of fused-ring (bicyclic) bond motifs is 1. The van der Waals surface area contributed by atoms with Crippen molar-refractivity contribution in [3.05, 3.63) is 24.3 Å². The molecule has 2 atom stereocenters. The van der Waals surface area contributed by atoms with Crippen LogP contribution in [0.15, 0.2) is 24.3 Å². The molecule has 0 saturated carbocycles. The lowest BCUT2D eigenvalue weighted by molar-refractivity contribution is -0.139. The fourth-order valence-corrected chi connectivity index (χ4v) is 2.06. The van der Waals surface area contributed by atoms with Crippen LogP contribution in [0, 0.1) is 5.92 Å². The van der Waals surface area contributed by atoms with Crippen LogP contribution in [0.3, 0.4) is 0 Å². The van der Waals surface area contributed by atoms with E-state index in [1.54, 1.807) is 0 Å². The number of ether oxygens (including phenoxy) is 1. The van der Waals surface area contributed by atoms with Gasteiger partial charge in [-0.05, 0) is 25.7 Å². The van der Waals surface area contributed by atoms with Gasteiger partial charge >= 0.3 is 5.97 Å². The molecule has 13 heavy (non-hydrogen) atoms. The Morgan fingerprint density at radius 2 is 2.00 bits per heavy atom. The fraction of sp³-hybridized carbons (Fsp3) is 0.545. The molecule has 0 spiro atoms. The van der Waals surface area contributed by atoms with Crippen molar-refractivity contribution in [1.29, 1.82) is 0 Å². The van der Waals surface area contributed by atoms with E-state index >= 15 is 0 Å². The number of carbonyl (C=O) groups is 1. The van der Waals surface area contributed by atoms with Crippen LogP contribution in [0.25, 0.3) is 0 Å². The van der Waals surface area contributed by atoms with Crippen LogP contribution in [-0.2, 0) is 9.53 Å². The molecule has 2 rings (SSSR count). The van der Waals surface area contributed by atoms with Crippen molar-refractivity contribution in [2.24, 2.45) is 5.92 Å². The highest BCUT2D eigenvalue weighted by Gasteiger charge is 2.37. The van der Waals surface area contributed by atoms with E-state index in [-0.39, 0.29) is 18.0 Å². The average Bonchev–Trinajstić information content (AvgIpc) is 2.31. The molecule has 0 N–H and O–H groups in total. The quantitative estimate of drug-likeness (QED) is 0.323. The molecule has 1 fully saturated rings. The number of carbonyl (C=O) groups excluding carboxylic acids is 1. The van der Waals surface area contributed by atoms with E-state index in [0.29, 0.717) is 5.57 Å². The van der Waals surface area contributed by atoms with E-state index < -0.39 is 0 Å². The van der Waals surface area contributed by atoms with E-state index in [1.807, 2.05) is 0 Å². The van der Waals surface area contributed by atoms with Gasteiger partial charge < -0.3 is 4.74 Å². The van der Waals surface area contributed by atoms with Crippen molar-refractivity contribution in [3.8, 4) is 0 Å². The third kappa shape index (κ3) is 1.53. The number of rotatable bonds is 0. The van der Waals surface area contributed by atoms with Crippen LogP contribution in [0.2, 0.25) is 0 Å². The Balaban J connectivity index is 2.14. The van der Waals surface area contributed by atoms with E-state index in [2.05, 4.69) is 18.7 Å². The van der Waals surface area contributed by atoms with Crippen molar-refractivity contribution < 1.29 is 9.53 Å². The average molecular weight is 178 g/mol. The number of hydrogen-bond acceptors (Lipinski definition) is 2. The lowest BCUT2D eigenvalue weighted by atomic mass is 9.88. The zero-order chi connectivity index (χ0) is 9.26. The van der Waals surface area contributed by atoms with Gasteiger partial charge in [-0.25, -0.2) is 4.79 Å². The maximum absolute atomic E-state index is 11.2. The van der Waals surface area contributed by atoms with Crippen molar-refractivity contribution >= 4 is 5.97 Å². The Morgan fingerprint density at radius 3 is 2.77 bits per heavy atom. The Morgan fingerprint density at radius 1 is 1.31 bits per heavy atom. The highest BCUT2D eigenvalue weighted by molar-refractivity contribution is 5.90. The molecule has 2 unspecified atom stereocenters. The SMILES string of the molecule is C=C1C(=O)OC2CCC=CCCC12. The minimum absolute atomic E-state index is 0.102. The first kappa shape index (κ1) is 8.54. The van der Waals surface area contributed by atoms with Crippen LogP contribution >= 0.6 is 0 Å². The summed E-state index contributed by atoms with van der Waals surface area (Å²) < 4.78 is 5.24. The third-order valence-corrected chi connectivity index (χ3v) is 2.85. The molecule has 0 radical (unpaired) electrons. The minimum Gasteiger partial charge on any atom is -0.458 e. The van der Waals surface area contributed by atoms with Gasteiger partial charge in [-0.2, -0.15) is 0 Å². The molecule has 2 heteroatoms. The second kappa shape index (κ2) is 3.36. The van der Waals surface area contributed by atoms with E-state index in [9.17, 15) is 4.79 Å². The van der Waals surface area contributed by atoms with Gasteiger partial charge in [-0.3, -0.25) is 0 Å². The molecule has 1 aliphatic carbocycles. The summed E-state index contributed by atoms with van der Waals surface area (Å²) in [7, 11) is 0. The van der Waals surface area contributed by atoms with Crippen LogP contribution in [0.4, 0.5) is 0 Å². The molecule has 1 heterocycles. The normalized spacial score (nSPS) is 33.5. The van der Waals surface area contributed by atoms with Gasteiger partial charge in [0.25, 0.3) is 0 Å². The third-order valence-electron chi connectivity index (χ3n) is 2.85. The van der Waals surface area contributed by atoms with E-state index in [1.165, 1.54) is 0 Å². The van der Waals surface area contributed by atoms with Crippen molar-refractivity contribution in [3.63, 3.8) is 0 Å². The zero-order valence-electron chi connectivity index (χ0n) is 7.66. The monoisotopic (exact) mass is 178 g/mol. The molecule has 0 aromatic carbocycles. The van der Waals surface area contributed by atoms with Gasteiger partial charge in [0.2, 0.25) is 0 Å². The van der Waals surface area contributed by atoms with Gasteiger partial charge in [0, 0.05) is 11.5 Å². The summed E-state index contributed by atoms with van der Waals surface area (Å²) in [5, 5.41) is 0. The lowest BCUT2D eigenvalue weighted by Gasteiger charge is -2.17. The summed E-state index contributed by atoms with van der Waals surface area (Å²) in [6, 6.07) is 0.